The van der Waals surface area contributed by atoms with Crippen LogP contribution in [0.1, 0.15) is 15.9 Å². The molecule has 0 bridgehead atoms. The second-order valence-electron chi connectivity index (χ2n) is 6.79. The Labute approximate surface area is 183 Å². The molecule has 1 heterocycles. The summed E-state index contributed by atoms with van der Waals surface area (Å²) < 4.78 is 10.3. The van der Waals surface area contributed by atoms with Gasteiger partial charge >= 0.3 is 5.69 Å². The number of nitro groups is 1. The predicted octanol–water partition coefficient (Wildman–Crippen LogP) is 2.95. The van der Waals surface area contributed by atoms with Crippen molar-refractivity contribution in [3.05, 3.63) is 63.7 Å². The molecule has 0 aliphatic carbocycles. The van der Waals surface area contributed by atoms with Crippen LogP contribution in [0, 0.1) is 10.1 Å². The van der Waals surface area contributed by atoms with Crippen LogP contribution in [0.25, 0.3) is 0 Å². The minimum atomic E-state index is -0.495. The molecule has 0 unspecified atom stereocenters. The van der Waals surface area contributed by atoms with E-state index < -0.39 is 4.92 Å². The van der Waals surface area contributed by atoms with Gasteiger partial charge in [0.1, 0.15) is 0 Å². The zero-order valence-electron chi connectivity index (χ0n) is 17.0. The maximum absolute atomic E-state index is 12.6. The highest BCUT2D eigenvalue weighted by Gasteiger charge is 2.19. The summed E-state index contributed by atoms with van der Waals surface area (Å²) in [5, 5.41) is 13.9. The molecule has 2 amide bonds. The van der Waals surface area contributed by atoms with Gasteiger partial charge in [0, 0.05) is 36.2 Å². The fourth-order valence-corrected chi connectivity index (χ4v) is 3.88. The van der Waals surface area contributed by atoms with E-state index in [9.17, 15) is 19.7 Å². The van der Waals surface area contributed by atoms with Crippen LogP contribution in [0.15, 0.2) is 42.5 Å². The fourth-order valence-electron chi connectivity index (χ4n) is 3.11. The van der Waals surface area contributed by atoms with Gasteiger partial charge in [0.05, 0.1) is 31.0 Å². The molecule has 1 fully saturated rings. The van der Waals surface area contributed by atoms with Crippen molar-refractivity contribution in [1.29, 1.82) is 0 Å². The average molecular weight is 445 g/mol. The first-order valence-electron chi connectivity index (χ1n) is 9.64. The highest BCUT2D eigenvalue weighted by atomic mass is 32.2. The lowest BCUT2D eigenvalue weighted by Crippen LogP contribution is -2.40. The largest absolute Gasteiger partial charge is 0.490 e. The standard InChI is InChI=1S/C21H23N3O6S/c1-29-19-6-5-15(11-18(19)24(27)28)13-31-14-20(25)22-17-4-2-3-16(12-17)21(26)23-7-9-30-10-8-23/h2-6,11-12H,7-10,13-14H2,1H3,(H,22,25). The lowest BCUT2D eigenvalue weighted by Gasteiger charge is -2.27. The average Bonchev–Trinajstić information content (AvgIpc) is 2.79. The Morgan fingerprint density at radius 2 is 2.00 bits per heavy atom. The van der Waals surface area contributed by atoms with Crippen molar-refractivity contribution in [3.63, 3.8) is 0 Å². The Morgan fingerprint density at radius 1 is 1.23 bits per heavy atom. The molecule has 0 atom stereocenters. The van der Waals surface area contributed by atoms with Crippen molar-refractivity contribution < 1.29 is 24.0 Å². The van der Waals surface area contributed by atoms with Gasteiger partial charge < -0.3 is 19.7 Å². The van der Waals surface area contributed by atoms with E-state index in [0.29, 0.717) is 43.3 Å². The Balaban J connectivity index is 1.52. The second kappa shape index (κ2) is 10.8. The minimum Gasteiger partial charge on any atom is -0.490 e. The molecule has 10 heteroatoms. The molecule has 1 aliphatic rings. The van der Waals surface area contributed by atoms with Gasteiger partial charge in [-0.25, -0.2) is 0 Å². The van der Waals surface area contributed by atoms with Gasteiger partial charge in [-0.2, -0.15) is 0 Å². The molecule has 0 aromatic heterocycles. The van der Waals surface area contributed by atoms with Gasteiger partial charge in [-0.15, -0.1) is 11.8 Å². The van der Waals surface area contributed by atoms with E-state index in [1.54, 1.807) is 41.3 Å². The minimum absolute atomic E-state index is 0.0881. The number of hydrogen-bond acceptors (Lipinski definition) is 7. The highest BCUT2D eigenvalue weighted by Crippen LogP contribution is 2.29. The Morgan fingerprint density at radius 3 is 2.71 bits per heavy atom. The van der Waals surface area contributed by atoms with E-state index in [1.807, 2.05) is 0 Å². The Kier molecular flexibility index (Phi) is 7.85. The van der Waals surface area contributed by atoms with E-state index in [0.717, 1.165) is 5.56 Å². The SMILES string of the molecule is COc1ccc(CSCC(=O)Nc2cccc(C(=O)N3CCOCC3)c2)cc1[N+](=O)[O-]. The molecule has 9 nitrogen and oxygen atoms in total. The van der Waals surface area contributed by atoms with Crippen molar-refractivity contribution in [3.8, 4) is 5.75 Å². The topological polar surface area (TPSA) is 111 Å². The molecule has 31 heavy (non-hydrogen) atoms. The Bertz CT molecular complexity index is 962. The number of amides is 2. The number of anilines is 1. The molecule has 1 saturated heterocycles. The third kappa shape index (κ3) is 6.19. The number of thioether (sulfide) groups is 1. The van der Waals surface area contributed by atoms with Crippen LogP contribution in [0.5, 0.6) is 5.75 Å². The summed E-state index contributed by atoms with van der Waals surface area (Å²) in [6, 6.07) is 11.6. The highest BCUT2D eigenvalue weighted by molar-refractivity contribution is 7.99. The Hall–Kier alpha value is -3.11. The number of nitro benzene ring substituents is 1. The van der Waals surface area contributed by atoms with E-state index >= 15 is 0 Å². The molecule has 0 radical (unpaired) electrons. The summed E-state index contributed by atoms with van der Waals surface area (Å²) in [6.45, 7) is 2.15. The number of morpholine rings is 1. The second-order valence-corrected chi connectivity index (χ2v) is 7.78. The molecule has 1 N–H and O–H groups in total. The normalized spacial score (nSPS) is 13.5. The molecule has 0 spiro atoms. The smallest absolute Gasteiger partial charge is 0.311 e. The van der Waals surface area contributed by atoms with Crippen LogP contribution in [-0.4, -0.2) is 60.8 Å². The van der Waals surface area contributed by atoms with Gasteiger partial charge in [0.15, 0.2) is 5.75 Å². The van der Waals surface area contributed by atoms with E-state index in [2.05, 4.69) is 5.32 Å². The summed E-state index contributed by atoms with van der Waals surface area (Å²) in [6.07, 6.45) is 0. The number of hydrogen-bond donors (Lipinski definition) is 1. The molecule has 164 valence electrons. The van der Waals surface area contributed by atoms with Crippen molar-refractivity contribution in [2.24, 2.45) is 0 Å². The maximum Gasteiger partial charge on any atom is 0.311 e. The van der Waals surface area contributed by atoms with Crippen molar-refractivity contribution in [2.75, 3.05) is 44.5 Å². The number of nitrogens with zero attached hydrogens (tertiary/aromatic N) is 2. The lowest BCUT2D eigenvalue weighted by molar-refractivity contribution is -0.385. The van der Waals surface area contributed by atoms with Crippen LogP contribution < -0.4 is 10.1 Å². The van der Waals surface area contributed by atoms with E-state index in [-0.39, 0.29) is 29.0 Å². The molecule has 1 aliphatic heterocycles. The monoisotopic (exact) mass is 445 g/mol. The molecular weight excluding hydrogens is 422 g/mol. The number of ether oxygens (including phenoxy) is 2. The summed E-state index contributed by atoms with van der Waals surface area (Å²) in [5.74, 6) is 0.497. The zero-order valence-corrected chi connectivity index (χ0v) is 17.9. The van der Waals surface area contributed by atoms with E-state index in [1.165, 1.54) is 24.9 Å². The summed E-state index contributed by atoms with van der Waals surface area (Å²) >= 11 is 1.34. The first-order chi connectivity index (χ1) is 15.0. The van der Waals surface area contributed by atoms with Crippen LogP contribution in [0.3, 0.4) is 0 Å². The molecule has 0 saturated carbocycles. The molecular formula is C21H23N3O6S. The maximum atomic E-state index is 12.6. The number of rotatable bonds is 8. The summed E-state index contributed by atoms with van der Waals surface area (Å²) in [7, 11) is 1.38. The summed E-state index contributed by atoms with van der Waals surface area (Å²) in [4.78, 5) is 37.2. The van der Waals surface area contributed by atoms with Crippen LogP contribution >= 0.6 is 11.8 Å². The van der Waals surface area contributed by atoms with Crippen molar-refractivity contribution in [2.45, 2.75) is 5.75 Å². The van der Waals surface area contributed by atoms with Crippen LogP contribution in [0.4, 0.5) is 11.4 Å². The van der Waals surface area contributed by atoms with Crippen LogP contribution in [-0.2, 0) is 15.3 Å². The molecule has 2 aromatic rings. The van der Waals surface area contributed by atoms with Gasteiger partial charge in [0.2, 0.25) is 5.91 Å². The number of benzene rings is 2. The number of methoxy groups -OCH3 is 1. The van der Waals surface area contributed by atoms with Gasteiger partial charge in [-0.3, -0.25) is 19.7 Å². The van der Waals surface area contributed by atoms with Gasteiger partial charge in [0.25, 0.3) is 5.91 Å². The third-order valence-corrected chi connectivity index (χ3v) is 5.64. The number of carbonyl (C=O) groups excluding carboxylic acids is 2. The number of nitrogens with one attached hydrogen (secondary N) is 1. The lowest BCUT2D eigenvalue weighted by atomic mass is 10.1. The van der Waals surface area contributed by atoms with E-state index in [4.69, 9.17) is 9.47 Å². The first-order valence-corrected chi connectivity index (χ1v) is 10.8. The van der Waals surface area contributed by atoms with Crippen LogP contribution in [0.2, 0.25) is 0 Å². The first kappa shape index (κ1) is 22.6. The fraction of sp³-hybridized carbons (Fsp3) is 0.333. The summed E-state index contributed by atoms with van der Waals surface area (Å²) in [5.41, 5.74) is 1.68. The third-order valence-electron chi connectivity index (χ3n) is 4.63. The van der Waals surface area contributed by atoms with Gasteiger partial charge in [-0.1, -0.05) is 12.1 Å². The molecule has 3 rings (SSSR count). The van der Waals surface area contributed by atoms with Crippen molar-refractivity contribution >= 4 is 35.0 Å². The predicted molar refractivity (Wildman–Crippen MR) is 118 cm³/mol. The molecule has 2 aromatic carbocycles. The quantitative estimate of drug-likeness (QED) is 0.491. The number of carbonyl (C=O) groups is 2. The zero-order chi connectivity index (χ0) is 22.2. The van der Waals surface area contributed by atoms with Crippen molar-refractivity contribution in [1.82, 2.24) is 4.90 Å². The van der Waals surface area contributed by atoms with Gasteiger partial charge in [-0.05, 0) is 29.8 Å².